The summed E-state index contributed by atoms with van der Waals surface area (Å²) in [4.78, 5) is 13.2. The highest BCUT2D eigenvalue weighted by Crippen LogP contribution is 2.21. The number of aromatic hydroxyl groups is 1. The van der Waals surface area contributed by atoms with Crippen molar-refractivity contribution in [1.82, 2.24) is 10.3 Å². The number of hydrazine groups is 1. The van der Waals surface area contributed by atoms with Gasteiger partial charge in [-0.3, -0.25) is 10.2 Å². The summed E-state index contributed by atoms with van der Waals surface area (Å²) in [6.45, 7) is 0. The number of carbonyl (C=O) groups is 1. The summed E-state index contributed by atoms with van der Waals surface area (Å²) < 4.78 is 36.9. The maximum atomic E-state index is 12.9. The molecule has 0 aliphatic rings. The van der Waals surface area contributed by atoms with Gasteiger partial charge in [0.2, 0.25) is 0 Å². The molecule has 0 aliphatic heterocycles. The molecule has 0 unspecified atom stereocenters. The molecule has 2 aromatic rings. The lowest BCUT2D eigenvalue weighted by Crippen LogP contribution is -2.41. The average Bonchev–Trinajstić information content (AvgIpc) is 2.45. The fraction of sp³-hybridized carbons (Fsp3) is 0. The Morgan fingerprint density at radius 2 is 1.86 bits per heavy atom. The quantitative estimate of drug-likeness (QED) is 0.737. The molecule has 116 valence electrons. The Morgan fingerprint density at radius 1 is 1.18 bits per heavy atom. The Labute approximate surface area is 130 Å². The zero-order chi connectivity index (χ0) is 16.3. The SMILES string of the molecule is O=C(NNS(=O)(=O)c1ccc(F)cc1Cl)c1ccccc1O. The molecule has 0 radical (unpaired) electrons. The van der Waals surface area contributed by atoms with Crippen molar-refractivity contribution >= 4 is 27.5 Å². The van der Waals surface area contributed by atoms with Crippen LogP contribution in [0.4, 0.5) is 4.39 Å². The van der Waals surface area contributed by atoms with E-state index in [0.29, 0.717) is 0 Å². The van der Waals surface area contributed by atoms with Gasteiger partial charge in [0.25, 0.3) is 15.9 Å². The third-order valence-corrected chi connectivity index (χ3v) is 4.36. The highest BCUT2D eigenvalue weighted by atomic mass is 35.5. The minimum absolute atomic E-state index is 0.115. The molecule has 9 heteroatoms. The van der Waals surface area contributed by atoms with Crippen molar-refractivity contribution in [3.05, 3.63) is 58.9 Å². The van der Waals surface area contributed by atoms with Crippen molar-refractivity contribution in [1.29, 1.82) is 0 Å². The van der Waals surface area contributed by atoms with Gasteiger partial charge in [0.15, 0.2) is 0 Å². The fourth-order valence-electron chi connectivity index (χ4n) is 1.59. The van der Waals surface area contributed by atoms with Crippen molar-refractivity contribution < 1.29 is 22.7 Å². The number of benzene rings is 2. The minimum atomic E-state index is -4.19. The van der Waals surface area contributed by atoms with Crippen LogP contribution >= 0.6 is 11.6 Å². The zero-order valence-electron chi connectivity index (χ0n) is 10.9. The van der Waals surface area contributed by atoms with E-state index in [-0.39, 0.29) is 16.3 Å². The van der Waals surface area contributed by atoms with Crippen molar-refractivity contribution in [3.63, 3.8) is 0 Å². The lowest BCUT2D eigenvalue weighted by molar-refractivity contribution is 0.0942. The van der Waals surface area contributed by atoms with Crippen LogP contribution in [-0.2, 0) is 10.0 Å². The summed E-state index contributed by atoms with van der Waals surface area (Å²) in [7, 11) is -4.19. The number of carbonyl (C=O) groups excluding carboxylic acids is 1. The third-order valence-electron chi connectivity index (χ3n) is 2.63. The van der Waals surface area contributed by atoms with Gasteiger partial charge in [0.05, 0.1) is 10.6 Å². The van der Waals surface area contributed by atoms with Gasteiger partial charge < -0.3 is 5.11 Å². The number of rotatable bonds is 4. The maximum Gasteiger partial charge on any atom is 0.269 e. The van der Waals surface area contributed by atoms with Crippen LogP contribution in [0, 0.1) is 5.82 Å². The summed E-state index contributed by atoms with van der Waals surface area (Å²) in [5, 5.41) is 9.17. The molecule has 0 bridgehead atoms. The van der Waals surface area contributed by atoms with Gasteiger partial charge in [0.1, 0.15) is 16.5 Å². The first-order valence-corrected chi connectivity index (χ1v) is 7.72. The molecule has 0 fully saturated rings. The zero-order valence-corrected chi connectivity index (χ0v) is 12.5. The number of nitrogens with one attached hydrogen (secondary N) is 2. The Kier molecular flexibility index (Phi) is 4.65. The van der Waals surface area contributed by atoms with Gasteiger partial charge in [-0.2, -0.15) is 0 Å². The van der Waals surface area contributed by atoms with Crippen LogP contribution < -0.4 is 10.3 Å². The first-order valence-electron chi connectivity index (χ1n) is 5.86. The smallest absolute Gasteiger partial charge is 0.269 e. The van der Waals surface area contributed by atoms with Crippen molar-refractivity contribution in [2.45, 2.75) is 4.90 Å². The van der Waals surface area contributed by atoms with Crippen LogP contribution in [0.2, 0.25) is 5.02 Å². The molecule has 6 nitrogen and oxygen atoms in total. The van der Waals surface area contributed by atoms with E-state index in [2.05, 4.69) is 0 Å². The Balaban J connectivity index is 2.17. The number of halogens is 2. The van der Waals surface area contributed by atoms with Gasteiger partial charge in [-0.15, -0.1) is 4.83 Å². The van der Waals surface area contributed by atoms with Crippen LogP contribution in [0.15, 0.2) is 47.4 Å². The van der Waals surface area contributed by atoms with E-state index in [1.807, 2.05) is 10.3 Å². The van der Waals surface area contributed by atoms with Crippen molar-refractivity contribution in [2.24, 2.45) is 0 Å². The Morgan fingerprint density at radius 3 is 2.50 bits per heavy atom. The van der Waals surface area contributed by atoms with E-state index in [1.54, 1.807) is 0 Å². The van der Waals surface area contributed by atoms with Gasteiger partial charge >= 0.3 is 0 Å². The molecule has 0 aromatic heterocycles. The molecule has 1 amide bonds. The van der Waals surface area contributed by atoms with E-state index < -0.39 is 26.6 Å². The largest absolute Gasteiger partial charge is 0.507 e. The molecule has 2 rings (SSSR count). The molecule has 3 N–H and O–H groups in total. The highest BCUT2D eigenvalue weighted by molar-refractivity contribution is 7.89. The number of amides is 1. The van der Waals surface area contributed by atoms with Crippen molar-refractivity contribution in [2.75, 3.05) is 0 Å². The first kappa shape index (κ1) is 16.2. The molecule has 0 saturated heterocycles. The lowest BCUT2D eigenvalue weighted by atomic mass is 10.2. The van der Waals surface area contributed by atoms with Gasteiger partial charge in [-0.1, -0.05) is 23.7 Å². The standard InChI is InChI=1S/C13H10ClFN2O4S/c14-10-7-8(15)5-6-12(10)22(20,21)17-16-13(19)9-3-1-2-4-11(9)18/h1-7,17-18H,(H,16,19). The van der Waals surface area contributed by atoms with E-state index in [1.165, 1.54) is 24.3 Å². The second-order valence-corrected chi connectivity index (χ2v) is 6.21. The molecule has 0 aliphatic carbocycles. The Hall–Kier alpha value is -2.16. The number of hydrogen-bond acceptors (Lipinski definition) is 4. The summed E-state index contributed by atoms with van der Waals surface area (Å²) >= 11 is 5.66. The summed E-state index contributed by atoms with van der Waals surface area (Å²) in [6.07, 6.45) is 0. The van der Waals surface area contributed by atoms with Crippen LogP contribution in [0.25, 0.3) is 0 Å². The van der Waals surface area contributed by atoms with Gasteiger partial charge in [-0.25, -0.2) is 12.8 Å². The molecular formula is C13H10ClFN2O4S. The number of phenolic OH excluding ortho intramolecular Hbond substituents is 1. The summed E-state index contributed by atoms with van der Waals surface area (Å²) in [5.41, 5.74) is 1.82. The maximum absolute atomic E-state index is 12.9. The number of phenols is 1. The molecule has 0 spiro atoms. The monoisotopic (exact) mass is 344 g/mol. The lowest BCUT2D eigenvalue weighted by Gasteiger charge is -2.10. The summed E-state index contributed by atoms with van der Waals surface area (Å²) in [5.74, 6) is -1.86. The molecule has 2 aromatic carbocycles. The minimum Gasteiger partial charge on any atom is -0.507 e. The second-order valence-electron chi connectivity index (χ2n) is 4.15. The van der Waals surface area contributed by atoms with Gasteiger partial charge in [0, 0.05) is 0 Å². The molecule has 22 heavy (non-hydrogen) atoms. The van der Waals surface area contributed by atoms with E-state index in [9.17, 15) is 22.7 Å². The predicted molar refractivity (Wildman–Crippen MR) is 77.3 cm³/mol. The predicted octanol–water partition coefficient (Wildman–Crippen LogP) is 1.81. The van der Waals surface area contributed by atoms with Crippen LogP contribution in [0.3, 0.4) is 0 Å². The topological polar surface area (TPSA) is 95.5 Å². The molecule has 0 saturated carbocycles. The van der Waals surface area contributed by atoms with Crippen LogP contribution in [-0.4, -0.2) is 19.4 Å². The molecule has 0 atom stereocenters. The fourth-order valence-corrected chi connectivity index (χ4v) is 2.97. The van der Waals surface area contributed by atoms with E-state index in [0.717, 1.165) is 18.2 Å². The van der Waals surface area contributed by atoms with E-state index >= 15 is 0 Å². The highest BCUT2D eigenvalue weighted by Gasteiger charge is 2.20. The van der Waals surface area contributed by atoms with Crippen LogP contribution in [0.1, 0.15) is 10.4 Å². The van der Waals surface area contributed by atoms with Gasteiger partial charge in [-0.05, 0) is 30.3 Å². The first-order chi connectivity index (χ1) is 10.3. The second kappa shape index (κ2) is 6.30. The van der Waals surface area contributed by atoms with Crippen molar-refractivity contribution in [3.8, 4) is 5.75 Å². The number of hydrogen-bond donors (Lipinski definition) is 3. The number of sulfonamides is 1. The molecular weight excluding hydrogens is 335 g/mol. The molecule has 0 heterocycles. The van der Waals surface area contributed by atoms with Crippen LogP contribution in [0.5, 0.6) is 5.75 Å². The summed E-state index contributed by atoms with van der Waals surface area (Å²) in [6, 6.07) is 8.32. The average molecular weight is 345 g/mol. The Bertz CT molecular complexity index is 827. The third kappa shape index (κ3) is 3.53. The van der Waals surface area contributed by atoms with E-state index in [4.69, 9.17) is 11.6 Å². The number of para-hydroxylation sites is 1. The normalized spacial score (nSPS) is 11.2.